The van der Waals surface area contributed by atoms with Gasteiger partial charge in [-0.3, -0.25) is 33.5 Å². The van der Waals surface area contributed by atoms with Gasteiger partial charge in [-0.2, -0.15) is 6.07 Å². The van der Waals surface area contributed by atoms with Crippen LogP contribution in [0.25, 0.3) is 132 Å². The van der Waals surface area contributed by atoms with Crippen molar-refractivity contribution in [2.24, 2.45) is 0 Å². The van der Waals surface area contributed by atoms with Crippen LogP contribution >= 0.6 is 0 Å². The van der Waals surface area contributed by atoms with Crippen molar-refractivity contribution in [2.75, 3.05) is 0 Å². The number of aliphatic carboxylic acids is 2. The molecule has 0 aliphatic rings. The van der Waals surface area contributed by atoms with Gasteiger partial charge in [0.1, 0.15) is 39.9 Å². The van der Waals surface area contributed by atoms with E-state index in [9.17, 15) is 0 Å². The molecule has 20 heteroatoms. The van der Waals surface area contributed by atoms with Crippen LogP contribution in [0.15, 0.2) is 231 Å². The van der Waals surface area contributed by atoms with E-state index in [4.69, 9.17) is 44.2 Å². The van der Waals surface area contributed by atoms with E-state index in [2.05, 4.69) is 111 Å². The van der Waals surface area contributed by atoms with Crippen LogP contribution < -0.4 is 9.47 Å². The summed E-state index contributed by atoms with van der Waals surface area (Å²) in [4.78, 5) is 55.9. The molecule has 0 bridgehead atoms. The molecule has 0 saturated carbocycles. The first-order valence-electron chi connectivity index (χ1n) is 28.5. The summed E-state index contributed by atoms with van der Waals surface area (Å²) < 4.78 is 21.3. The van der Waals surface area contributed by atoms with Crippen LogP contribution in [-0.4, -0.2) is 80.0 Å². The Labute approximate surface area is 549 Å². The average molecular weight is 1390 g/mol. The van der Waals surface area contributed by atoms with Gasteiger partial charge in [0, 0.05) is 116 Å². The molecule has 0 aliphatic carbocycles. The number of carbonyl (C=O) groups is 2. The number of ether oxygens (including phenoxy) is 2. The van der Waals surface area contributed by atoms with Gasteiger partial charge in [0.25, 0.3) is 11.9 Å². The molecule has 0 radical (unpaired) electrons. The van der Waals surface area contributed by atoms with Crippen molar-refractivity contribution in [2.45, 2.75) is 13.8 Å². The van der Waals surface area contributed by atoms with Gasteiger partial charge in [-0.05, 0) is 96.4 Å². The number of hydrogen-bond acceptors (Lipinski definition) is 12. The third-order valence-electron chi connectivity index (χ3n) is 15.2. The Morgan fingerprint density at radius 1 is 0.391 bits per heavy atom. The molecule has 0 fully saturated rings. The smallest absolute Gasteiger partial charge is 0.503 e. The normalized spacial score (nSPS) is 11.2. The zero-order chi connectivity index (χ0) is 61.0. The summed E-state index contributed by atoms with van der Waals surface area (Å²) in [5.74, 6) is 2.62. The van der Waals surface area contributed by atoms with Gasteiger partial charge < -0.3 is 28.7 Å². The summed E-state index contributed by atoms with van der Waals surface area (Å²) in [6.07, 6.45) is 10.5. The molecule has 18 aromatic rings. The Morgan fingerprint density at radius 2 is 0.848 bits per heavy atom. The number of hydrogen-bond donors (Lipinski definition) is 2. The molecule has 18 nitrogen and oxygen atoms in total. The molecule has 18 rings (SSSR count). The van der Waals surface area contributed by atoms with E-state index in [0.29, 0.717) is 11.5 Å². The Bertz CT molecular complexity index is 5510. The third-order valence-corrected chi connectivity index (χ3v) is 15.2. The number of carboxylic acids is 2. The van der Waals surface area contributed by atoms with Crippen molar-refractivity contribution < 1.29 is 70.1 Å². The standard InChI is InChI=1S/C34H20N6O.C34H18N6O.2C2H4O2.2Pd/c2*1-3-9-28-23(7-1)24-14-12-22(20-30(24)39(28)31-11-5-6-16-35-31)41-21-13-15-25-26(19-21)33-38-27-8-2-4-10-29(27)40(33)34-32(25)36-17-18-37-34;2*1-2(3)4;;/h1-20H;1-18H;2*1H3,(H,3,4);;/q;-2;;;;+2. The minimum atomic E-state index is -0.833. The van der Waals surface area contributed by atoms with E-state index in [0.717, 1.165) is 152 Å². The van der Waals surface area contributed by atoms with Gasteiger partial charge in [-0.15, -0.1) is 23.6 Å². The van der Waals surface area contributed by atoms with Crippen LogP contribution in [0.3, 0.4) is 0 Å². The van der Waals surface area contributed by atoms with Crippen molar-refractivity contribution in [1.29, 1.82) is 0 Å². The maximum absolute atomic E-state index is 9.00. The van der Waals surface area contributed by atoms with E-state index in [1.165, 1.54) is 5.39 Å². The number of benzene rings is 8. The van der Waals surface area contributed by atoms with Crippen LogP contribution in [0.5, 0.6) is 23.0 Å². The number of imidazole rings is 2. The molecule has 0 saturated heterocycles. The quantitative estimate of drug-likeness (QED) is 0.0900. The van der Waals surface area contributed by atoms with E-state index in [1.807, 2.05) is 144 Å². The summed E-state index contributed by atoms with van der Waals surface area (Å²) in [6, 6.07) is 71.9. The van der Waals surface area contributed by atoms with Crippen LogP contribution in [0.2, 0.25) is 0 Å². The zero-order valence-corrected chi connectivity index (χ0v) is 51.6. The summed E-state index contributed by atoms with van der Waals surface area (Å²) in [7, 11) is 0. The molecule has 0 amide bonds. The van der Waals surface area contributed by atoms with Crippen molar-refractivity contribution in [3.63, 3.8) is 0 Å². The van der Waals surface area contributed by atoms with Gasteiger partial charge in [-0.1, -0.05) is 101 Å². The monoisotopic (exact) mass is 1390 g/mol. The summed E-state index contributed by atoms with van der Waals surface area (Å²) in [5, 5.41) is 23.0. The maximum Gasteiger partial charge on any atom is 2.00 e. The Morgan fingerprint density at radius 3 is 1.47 bits per heavy atom. The minimum Gasteiger partial charge on any atom is -0.503 e. The Balaban J connectivity index is 0.000000148. The minimum absolute atomic E-state index is 0. The Kier molecular flexibility index (Phi) is 16.1. The van der Waals surface area contributed by atoms with Gasteiger partial charge in [0.2, 0.25) is 0 Å². The second-order valence-electron chi connectivity index (χ2n) is 20.9. The number of carboxylic acid groups (broad SMARTS) is 2. The third kappa shape index (κ3) is 10.7. The Hall–Kier alpha value is -11.4. The molecule has 450 valence electrons. The molecular formula is C72H46N12O6Pd2. The predicted octanol–water partition coefficient (Wildman–Crippen LogP) is 15.5. The first-order valence-corrected chi connectivity index (χ1v) is 28.5. The molecular weight excluding hydrogens is 1340 g/mol. The molecule has 0 spiro atoms. The number of nitrogens with zero attached hydrogens (tertiary/aromatic N) is 12. The van der Waals surface area contributed by atoms with Crippen molar-refractivity contribution in [3.8, 4) is 34.6 Å². The topological polar surface area (TPSA) is 215 Å². The first-order chi connectivity index (χ1) is 44.1. The summed E-state index contributed by atoms with van der Waals surface area (Å²) in [6.45, 7) is 2.17. The molecule has 10 aromatic heterocycles. The number of pyridine rings is 4. The van der Waals surface area contributed by atoms with Crippen LogP contribution in [0, 0.1) is 12.1 Å². The molecule has 0 atom stereocenters. The fourth-order valence-corrected chi connectivity index (χ4v) is 11.7. The average Bonchev–Trinajstić information content (AvgIpc) is 1.48. The van der Waals surface area contributed by atoms with Gasteiger partial charge >= 0.3 is 20.4 Å². The molecule has 2 N–H and O–H groups in total. The first kappa shape index (κ1) is 59.6. The van der Waals surface area contributed by atoms with Crippen LogP contribution in [0.1, 0.15) is 13.8 Å². The molecule has 10 heterocycles. The number of aromatic nitrogens is 12. The predicted molar refractivity (Wildman–Crippen MR) is 348 cm³/mol. The molecule has 8 aromatic carbocycles. The SMILES string of the molecule is CC(=O)O.CC(=O)O.[Pd+2].[Pd].[c-]1c(Oc2[c-]c3c(cc2)c2ccccc2n3-c2ccccn2)ccc2c1c1nc3ccccc3n1c1nccnc21.c1ccc(-n2c3ccccc3c3ccc(Oc4ccc5c(c4)c4nc6ccccc6n4c4nccnc54)cc32)nc1. The number of rotatable bonds is 6. The second kappa shape index (κ2) is 24.9. The van der Waals surface area contributed by atoms with Crippen molar-refractivity contribution in [3.05, 3.63) is 243 Å². The summed E-state index contributed by atoms with van der Waals surface area (Å²) >= 11 is 0. The van der Waals surface area contributed by atoms with E-state index < -0.39 is 11.9 Å². The van der Waals surface area contributed by atoms with Crippen LogP contribution in [-0.2, 0) is 50.4 Å². The van der Waals surface area contributed by atoms with Crippen molar-refractivity contribution >= 4 is 133 Å². The molecule has 0 unspecified atom stereocenters. The van der Waals surface area contributed by atoms with Gasteiger partial charge in [-0.25, -0.2) is 24.9 Å². The van der Waals surface area contributed by atoms with Crippen LogP contribution in [0.4, 0.5) is 0 Å². The largest absolute Gasteiger partial charge is 2.00 e. The van der Waals surface area contributed by atoms with E-state index in [1.54, 1.807) is 31.0 Å². The molecule has 92 heavy (non-hydrogen) atoms. The van der Waals surface area contributed by atoms with E-state index >= 15 is 0 Å². The fourth-order valence-electron chi connectivity index (χ4n) is 11.7. The zero-order valence-electron chi connectivity index (χ0n) is 48.5. The van der Waals surface area contributed by atoms with E-state index in [-0.39, 0.29) is 40.8 Å². The van der Waals surface area contributed by atoms with Crippen molar-refractivity contribution in [1.82, 2.24) is 57.8 Å². The fraction of sp³-hybridized carbons (Fsp3) is 0.0278. The number of para-hydroxylation sites is 6. The van der Waals surface area contributed by atoms with Gasteiger partial charge in [0.05, 0.1) is 44.3 Å². The number of fused-ring (bicyclic) bond motifs is 22. The molecule has 0 aliphatic heterocycles. The second-order valence-corrected chi connectivity index (χ2v) is 20.9. The summed E-state index contributed by atoms with van der Waals surface area (Å²) in [5.41, 5.74) is 12.6. The maximum atomic E-state index is 9.00. The van der Waals surface area contributed by atoms with Gasteiger partial charge in [0.15, 0.2) is 5.65 Å².